The lowest BCUT2D eigenvalue weighted by Gasteiger charge is -2.24. The molecule has 0 saturated carbocycles. The minimum absolute atomic E-state index is 0.00207. The zero-order chi connectivity index (χ0) is 40.4. The van der Waals surface area contributed by atoms with E-state index < -0.39 is 48.4 Å². The molecule has 0 aliphatic carbocycles. The highest BCUT2D eigenvalue weighted by Gasteiger charge is 2.23. The van der Waals surface area contributed by atoms with Crippen LogP contribution in [0.15, 0.2) is 71.7 Å². The highest BCUT2D eigenvalue weighted by atomic mass is 19.1. The molecule has 4 rings (SSSR count). The fourth-order valence-electron chi connectivity index (χ4n) is 4.91. The average molecular weight is 764 g/mol. The van der Waals surface area contributed by atoms with Crippen LogP contribution in [0, 0.1) is 17.6 Å². The van der Waals surface area contributed by atoms with E-state index in [4.69, 9.17) is 15.4 Å². The number of halogens is 2. The van der Waals surface area contributed by atoms with Crippen molar-refractivity contribution < 1.29 is 37.6 Å². The van der Waals surface area contributed by atoms with Crippen LogP contribution in [0.1, 0.15) is 38.8 Å². The second-order valence-electron chi connectivity index (χ2n) is 12.9. The number of rotatable bonds is 14. The highest BCUT2D eigenvalue weighted by Crippen LogP contribution is 2.26. The van der Waals surface area contributed by atoms with Gasteiger partial charge in [-0.1, -0.05) is 32.0 Å². The van der Waals surface area contributed by atoms with E-state index in [1.54, 1.807) is 44.2 Å². The van der Waals surface area contributed by atoms with Gasteiger partial charge >= 0.3 is 12.2 Å². The van der Waals surface area contributed by atoms with Crippen molar-refractivity contribution in [3.8, 4) is 11.3 Å². The monoisotopic (exact) mass is 763 g/mol. The molecule has 0 atom stereocenters. The SMILES string of the molecule is CNC(=O)ON(OC(=O)N(C)Cc1c(F)cccc1F)c1ccc(CNC(=O)Cn2c(-c3cc(N)cc(NC(=O)C(C)C)c3)cnc(NC(C)C)c2=O)cc1. The number of hydrogen-bond donors (Lipinski definition) is 5. The van der Waals surface area contributed by atoms with Crippen molar-refractivity contribution in [3.63, 3.8) is 0 Å². The van der Waals surface area contributed by atoms with E-state index in [-0.39, 0.29) is 47.2 Å². The van der Waals surface area contributed by atoms with Crippen molar-refractivity contribution in [2.24, 2.45) is 5.92 Å². The fraction of sp³-hybridized carbons (Fsp3) is 0.297. The van der Waals surface area contributed by atoms with E-state index in [0.717, 1.165) is 17.0 Å². The Balaban J connectivity index is 1.50. The summed E-state index contributed by atoms with van der Waals surface area (Å²) in [6.45, 7) is 6.27. The number of nitrogens with zero attached hydrogens (tertiary/aromatic N) is 4. The summed E-state index contributed by atoms with van der Waals surface area (Å²) in [6.07, 6.45) is -0.648. The molecule has 1 aromatic heterocycles. The van der Waals surface area contributed by atoms with Crippen LogP contribution in [0.5, 0.6) is 0 Å². The van der Waals surface area contributed by atoms with E-state index in [9.17, 15) is 32.8 Å². The Hall–Kier alpha value is -6.72. The minimum Gasteiger partial charge on any atom is -0.399 e. The van der Waals surface area contributed by atoms with Crippen molar-refractivity contribution in [2.75, 3.05) is 35.7 Å². The van der Waals surface area contributed by atoms with E-state index in [0.29, 0.717) is 27.7 Å². The number of benzene rings is 3. The Morgan fingerprint density at radius 3 is 2.25 bits per heavy atom. The molecule has 4 amide bonds. The van der Waals surface area contributed by atoms with Gasteiger partial charge in [0.2, 0.25) is 11.8 Å². The first-order valence-corrected chi connectivity index (χ1v) is 17.1. The Labute approximate surface area is 315 Å². The lowest BCUT2D eigenvalue weighted by atomic mass is 10.1. The number of nitrogen functional groups attached to an aromatic ring is 1. The summed E-state index contributed by atoms with van der Waals surface area (Å²) in [6, 6.07) is 13.9. The lowest BCUT2D eigenvalue weighted by Crippen LogP contribution is -2.38. The number of carbonyl (C=O) groups is 4. The Kier molecular flexibility index (Phi) is 13.7. The molecule has 0 radical (unpaired) electrons. The van der Waals surface area contributed by atoms with Crippen molar-refractivity contribution in [1.82, 2.24) is 25.1 Å². The van der Waals surface area contributed by atoms with E-state index in [2.05, 4.69) is 26.3 Å². The van der Waals surface area contributed by atoms with Crippen LogP contribution in [0.3, 0.4) is 0 Å². The number of nitrogens with one attached hydrogen (secondary N) is 4. The van der Waals surface area contributed by atoms with Crippen LogP contribution in [-0.2, 0) is 38.9 Å². The molecule has 0 fully saturated rings. The van der Waals surface area contributed by atoms with Gasteiger partial charge in [-0.15, -0.1) is 0 Å². The van der Waals surface area contributed by atoms with Gasteiger partial charge in [0.15, 0.2) is 5.82 Å². The van der Waals surface area contributed by atoms with Crippen LogP contribution in [0.2, 0.25) is 0 Å². The number of hydrogen-bond acceptors (Lipinski definition) is 11. The lowest BCUT2D eigenvalue weighted by molar-refractivity contribution is -0.122. The van der Waals surface area contributed by atoms with Gasteiger partial charge in [0, 0.05) is 55.1 Å². The third kappa shape index (κ3) is 11.1. The topological polar surface area (TPSA) is 202 Å². The summed E-state index contributed by atoms with van der Waals surface area (Å²) in [7, 11) is 2.52. The molecule has 4 aromatic rings. The summed E-state index contributed by atoms with van der Waals surface area (Å²) in [5.74, 6) is -2.73. The number of aromatic nitrogens is 2. The molecule has 0 bridgehead atoms. The Morgan fingerprint density at radius 1 is 0.964 bits per heavy atom. The molecule has 0 unspecified atom stereocenters. The number of amides is 4. The third-order valence-electron chi connectivity index (χ3n) is 7.76. The normalized spacial score (nSPS) is 10.8. The Morgan fingerprint density at radius 2 is 1.64 bits per heavy atom. The summed E-state index contributed by atoms with van der Waals surface area (Å²) in [5, 5.41) is 11.3. The summed E-state index contributed by atoms with van der Waals surface area (Å²) in [4.78, 5) is 79.7. The van der Waals surface area contributed by atoms with Gasteiger partial charge in [0.25, 0.3) is 5.56 Å². The molecular formula is C37H43F2N9O7. The van der Waals surface area contributed by atoms with Crippen molar-refractivity contribution in [3.05, 3.63) is 100.0 Å². The number of nitrogens with two attached hydrogens (primary N) is 1. The highest BCUT2D eigenvalue weighted by molar-refractivity contribution is 5.93. The molecule has 0 saturated heterocycles. The third-order valence-corrected chi connectivity index (χ3v) is 7.76. The van der Waals surface area contributed by atoms with Crippen molar-refractivity contribution in [2.45, 2.75) is 53.4 Å². The first-order chi connectivity index (χ1) is 26.1. The fourth-order valence-corrected chi connectivity index (χ4v) is 4.91. The number of carbonyl (C=O) groups excluding carboxylic acids is 4. The molecule has 0 aliphatic rings. The van der Waals surface area contributed by atoms with Crippen molar-refractivity contribution in [1.29, 1.82) is 0 Å². The molecular weight excluding hydrogens is 720 g/mol. The maximum Gasteiger partial charge on any atom is 0.437 e. The number of anilines is 4. The second-order valence-corrected chi connectivity index (χ2v) is 12.9. The predicted octanol–water partition coefficient (Wildman–Crippen LogP) is 4.76. The first-order valence-electron chi connectivity index (χ1n) is 17.1. The van der Waals surface area contributed by atoms with Gasteiger partial charge in [0.05, 0.1) is 18.4 Å². The van der Waals surface area contributed by atoms with Crippen LogP contribution < -0.4 is 37.8 Å². The molecule has 0 spiro atoms. The second kappa shape index (κ2) is 18.4. The largest absolute Gasteiger partial charge is 0.437 e. The van der Waals surface area contributed by atoms with Gasteiger partial charge in [0.1, 0.15) is 23.9 Å². The summed E-state index contributed by atoms with van der Waals surface area (Å²) < 4.78 is 29.6. The van der Waals surface area contributed by atoms with Gasteiger partial charge in [-0.2, -0.15) is 0 Å². The van der Waals surface area contributed by atoms with Crippen LogP contribution in [0.4, 0.5) is 41.2 Å². The summed E-state index contributed by atoms with van der Waals surface area (Å²) >= 11 is 0. The molecule has 292 valence electrons. The molecule has 1 heterocycles. The van der Waals surface area contributed by atoms with Crippen LogP contribution in [0.25, 0.3) is 11.3 Å². The molecule has 6 N–H and O–H groups in total. The van der Waals surface area contributed by atoms with Gasteiger partial charge in [-0.25, -0.2) is 23.4 Å². The molecule has 55 heavy (non-hydrogen) atoms. The molecule has 18 heteroatoms. The first kappa shape index (κ1) is 41.0. The Bertz CT molecular complexity index is 2070. The summed E-state index contributed by atoms with van der Waals surface area (Å²) in [5.41, 5.74) is 7.31. The maximum atomic E-state index is 14.2. The zero-order valence-electron chi connectivity index (χ0n) is 31.1. The van der Waals surface area contributed by atoms with Crippen LogP contribution >= 0.6 is 0 Å². The minimum atomic E-state index is -1.10. The standard InChI is InChI=1S/C37H43F2N9O7/c1-21(2)34(50)45-26-15-24(14-25(40)16-26)31-18-43-33(44-22(3)4)35(51)47(31)20-32(49)42-17-23-10-12-27(13-11-23)48(54-36(52)41-5)55-37(53)46(6)19-28-29(38)8-7-9-30(28)39/h7-16,18,21-22H,17,19-20,40H2,1-6H3,(H,41,52)(H,42,49)(H,43,44)(H,45,50). The maximum absolute atomic E-state index is 14.2. The van der Waals surface area contributed by atoms with Gasteiger partial charge in [-0.05, 0) is 67.1 Å². The quantitative estimate of drug-likeness (QED) is 0.0876. The van der Waals surface area contributed by atoms with E-state index >= 15 is 0 Å². The molecule has 3 aromatic carbocycles. The van der Waals surface area contributed by atoms with Crippen molar-refractivity contribution >= 4 is 46.9 Å². The zero-order valence-corrected chi connectivity index (χ0v) is 31.1. The molecule has 0 aliphatic heterocycles. The van der Waals surface area contributed by atoms with Crippen LogP contribution in [-0.4, -0.2) is 58.6 Å². The molecule has 16 nitrogen and oxygen atoms in total. The average Bonchev–Trinajstić information content (AvgIpc) is 3.13. The smallest absolute Gasteiger partial charge is 0.399 e. The van der Waals surface area contributed by atoms with Gasteiger partial charge in [-0.3, -0.25) is 28.6 Å². The predicted molar refractivity (Wildman–Crippen MR) is 201 cm³/mol. The van der Waals surface area contributed by atoms with E-state index in [1.807, 2.05) is 13.8 Å². The van der Waals surface area contributed by atoms with E-state index in [1.165, 1.54) is 43.1 Å². The van der Waals surface area contributed by atoms with Gasteiger partial charge < -0.3 is 31.9 Å².